The van der Waals surface area contributed by atoms with Crippen LogP contribution in [0.25, 0.3) is 11.1 Å². The van der Waals surface area contributed by atoms with Crippen molar-refractivity contribution in [3.05, 3.63) is 48.0 Å². The van der Waals surface area contributed by atoms with Crippen LogP contribution < -0.4 is 5.32 Å². The van der Waals surface area contributed by atoms with E-state index < -0.39 is 0 Å². The van der Waals surface area contributed by atoms with Gasteiger partial charge in [-0.15, -0.1) is 0 Å². The van der Waals surface area contributed by atoms with Crippen LogP contribution in [0.4, 0.5) is 11.4 Å². The van der Waals surface area contributed by atoms with Gasteiger partial charge in [0, 0.05) is 11.1 Å². The highest BCUT2D eigenvalue weighted by Crippen LogP contribution is 2.42. The third-order valence-corrected chi connectivity index (χ3v) is 4.82. The van der Waals surface area contributed by atoms with Gasteiger partial charge in [0.1, 0.15) is 0 Å². The molecule has 23 heavy (non-hydrogen) atoms. The van der Waals surface area contributed by atoms with Crippen LogP contribution in [0.3, 0.4) is 0 Å². The number of hydrogen-bond donors (Lipinski definition) is 0. The molecule has 1 nitrogen and oxygen atoms in total. The Morgan fingerprint density at radius 2 is 1.39 bits per heavy atom. The monoisotopic (exact) mass is 306 g/mol. The molecule has 1 aliphatic heterocycles. The van der Waals surface area contributed by atoms with E-state index in [2.05, 4.69) is 49.4 Å². The van der Waals surface area contributed by atoms with Crippen molar-refractivity contribution in [3.8, 4) is 11.1 Å². The van der Waals surface area contributed by atoms with Gasteiger partial charge in [0.2, 0.25) is 0 Å². The lowest BCUT2D eigenvalue weighted by molar-refractivity contribution is 0.575. The molecule has 0 spiro atoms. The second kappa shape index (κ2) is 8.19. The molecule has 0 saturated carbocycles. The second-order valence-electron chi connectivity index (χ2n) is 6.71. The van der Waals surface area contributed by atoms with Crippen LogP contribution in [-0.4, -0.2) is 0 Å². The summed E-state index contributed by atoms with van der Waals surface area (Å²) >= 11 is 0. The van der Waals surface area contributed by atoms with Crippen LogP contribution in [0.15, 0.2) is 42.5 Å². The van der Waals surface area contributed by atoms with Gasteiger partial charge in [0.05, 0.1) is 11.4 Å². The lowest BCUT2D eigenvalue weighted by atomic mass is 9.99. The number of hydrogen-bond acceptors (Lipinski definition) is 0. The average molecular weight is 306 g/mol. The topological polar surface area (TPSA) is 14.1 Å². The molecular formula is C22H28N. The van der Waals surface area contributed by atoms with E-state index in [0.29, 0.717) is 0 Å². The number of rotatable bonds is 9. The number of fused-ring (bicyclic) bond motifs is 3. The first-order valence-corrected chi connectivity index (χ1v) is 9.32. The summed E-state index contributed by atoms with van der Waals surface area (Å²) < 4.78 is 0. The number of benzene rings is 2. The fraction of sp³-hybridized carbons (Fsp3) is 0.455. The van der Waals surface area contributed by atoms with Crippen LogP contribution in [0.2, 0.25) is 0 Å². The zero-order valence-corrected chi connectivity index (χ0v) is 14.4. The molecule has 0 bridgehead atoms. The summed E-state index contributed by atoms with van der Waals surface area (Å²) in [6, 6.07) is 15.3. The summed E-state index contributed by atoms with van der Waals surface area (Å²) in [6.07, 6.45) is 12.3. The minimum absolute atomic E-state index is 1.12. The zero-order chi connectivity index (χ0) is 15.9. The molecule has 3 rings (SSSR count). The lowest BCUT2D eigenvalue weighted by Gasteiger charge is -2.05. The molecule has 0 unspecified atom stereocenters. The van der Waals surface area contributed by atoms with Crippen LogP contribution in [0.5, 0.6) is 0 Å². The van der Waals surface area contributed by atoms with Crippen LogP contribution in [0, 0.1) is 0 Å². The van der Waals surface area contributed by atoms with Gasteiger partial charge < -0.3 is 0 Å². The summed E-state index contributed by atoms with van der Waals surface area (Å²) in [5, 5.41) is 4.70. The fourth-order valence-electron chi connectivity index (χ4n) is 3.44. The van der Waals surface area contributed by atoms with Crippen molar-refractivity contribution in [2.24, 2.45) is 0 Å². The molecule has 0 fully saturated rings. The first-order valence-electron chi connectivity index (χ1n) is 9.32. The Kier molecular flexibility index (Phi) is 5.74. The summed E-state index contributed by atoms with van der Waals surface area (Å²) in [7, 11) is 0. The van der Waals surface area contributed by atoms with Crippen LogP contribution >= 0.6 is 0 Å². The summed E-state index contributed by atoms with van der Waals surface area (Å²) in [6.45, 7) is 2.28. The quantitative estimate of drug-likeness (QED) is 0.381. The van der Waals surface area contributed by atoms with Gasteiger partial charge >= 0.3 is 0 Å². The number of nitrogens with zero attached hydrogens (tertiary/aromatic N) is 1. The van der Waals surface area contributed by atoms with Crippen molar-refractivity contribution < 1.29 is 0 Å². The van der Waals surface area contributed by atoms with Crippen molar-refractivity contribution in [2.45, 2.75) is 64.7 Å². The van der Waals surface area contributed by atoms with Gasteiger partial charge in [0.25, 0.3) is 0 Å². The Morgan fingerprint density at radius 1 is 0.696 bits per heavy atom. The lowest BCUT2D eigenvalue weighted by Crippen LogP contribution is -1.88. The largest absolute Gasteiger partial charge is 0.248 e. The first kappa shape index (κ1) is 16.1. The van der Waals surface area contributed by atoms with Crippen LogP contribution in [0.1, 0.15) is 63.9 Å². The minimum atomic E-state index is 1.12. The number of aryl methyl sites for hydroxylation is 1. The summed E-state index contributed by atoms with van der Waals surface area (Å²) in [5.74, 6) is 0. The molecular weight excluding hydrogens is 278 g/mol. The van der Waals surface area contributed by atoms with Gasteiger partial charge in [0.15, 0.2) is 0 Å². The molecule has 1 heteroatoms. The molecule has 0 saturated heterocycles. The zero-order valence-electron chi connectivity index (χ0n) is 14.4. The van der Waals surface area contributed by atoms with E-state index in [1.54, 1.807) is 0 Å². The van der Waals surface area contributed by atoms with Gasteiger partial charge in [-0.25, -0.2) is 5.32 Å². The van der Waals surface area contributed by atoms with Crippen molar-refractivity contribution in [1.29, 1.82) is 0 Å². The van der Waals surface area contributed by atoms with Gasteiger partial charge in [-0.05, 0) is 36.6 Å². The van der Waals surface area contributed by atoms with E-state index in [-0.39, 0.29) is 0 Å². The van der Waals surface area contributed by atoms with Crippen molar-refractivity contribution in [2.75, 3.05) is 0 Å². The Balaban J connectivity index is 1.46. The Morgan fingerprint density at radius 3 is 2.22 bits per heavy atom. The van der Waals surface area contributed by atoms with Crippen molar-refractivity contribution in [1.82, 2.24) is 5.32 Å². The molecule has 0 amide bonds. The molecule has 2 aromatic rings. The van der Waals surface area contributed by atoms with E-state index in [4.69, 9.17) is 5.32 Å². The van der Waals surface area contributed by atoms with E-state index >= 15 is 0 Å². The average Bonchev–Trinajstić information content (AvgIpc) is 2.95. The Hall–Kier alpha value is -1.76. The van der Waals surface area contributed by atoms with Gasteiger partial charge in [-0.1, -0.05) is 76.1 Å². The molecule has 0 aromatic heterocycles. The van der Waals surface area contributed by atoms with Crippen molar-refractivity contribution in [3.63, 3.8) is 0 Å². The van der Waals surface area contributed by atoms with Gasteiger partial charge in [-0.3, -0.25) is 0 Å². The van der Waals surface area contributed by atoms with Crippen LogP contribution in [-0.2, 0) is 6.42 Å². The highest BCUT2D eigenvalue weighted by atomic mass is 14.9. The molecule has 0 N–H and O–H groups in total. The second-order valence-corrected chi connectivity index (χ2v) is 6.71. The van der Waals surface area contributed by atoms with Gasteiger partial charge in [-0.2, -0.15) is 0 Å². The highest BCUT2D eigenvalue weighted by Gasteiger charge is 2.18. The molecule has 2 aromatic carbocycles. The molecule has 0 aliphatic carbocycles. The predicted octanol–water partition coefficient (Wildman–Crippen LogP) is 6.92. The number of para-hydroxylation sites is 1. The van der Waals surface area contributed by atoms with E-state index in [1.165, 1.54) is 74.5 Å². The third kappa shape index (κ3) is 4.16. The fourth-order valence-corrected chi connectivity index (χ4v) is 3.44. The van der Waals surface area contributed by atoms with Crippen molar-refractivity contribution >= 4 is 11.4 Å². The maximum atomic E-state index is 4.70. The smallest absolute Gasteiger partial charge is 0.0716 e. The molecule has 1 heterocycles. The van der Waals surface area contributed by atoms with E-state index in [1.807, 2.05) is 0 Å². The van der Waals surface area contributed by atoms with E-state index in [0.717, 1.165) is 11.4 Å². The number of unbranched alkanes of at least 4 members (excludes halogenated alkanes) is 7. The molecule has 121 valence electrons. The Bertz CT molecular complexity index is 630. The Labute approximate surface area is 141 Å². The minimum Gasteiger partial charge on any atom is -0.248 e. The van der Waals surface area contributed by atoms with E-state index in [9.17, 15) is 0 Å². The standard InChI is InChI=1S/C22H28N/c1-2-3-4-5-6-7-8-9-12-18-15-16-22-20(17-18)19-13-10-11-14-21(19)23-22/h10-11,13-17H,2-9,12H2,1H3. The predicted molar refractivity (Wildman–Crippen MR) is 99.6 cm³/mol. The molecule has 1 radical (unpaired) electrons. The third-order valence-electron chi connectivity index (χ3n) is 4.82. The summed E-state index contributed by atoms with van der Waals surface area (Å²) in [5.41, 5.74) is 6.32. The maximum absolute atomic E-state index is 4.70. The molecule has 1 aliphatic rings. The maximum Gasteiger partial charge on any atom is 0.0716 e. The SMILES string of the molecule is CCCCCCCCCCc1ccc2c(c1)-c1ccccc1[N]2. The normalized spacial score (nSPS) is 11.9. The molecule has 0 atom stereocenters. The summed E-state index contributed by atoms with van der Waals surface area (Å²) in [4.78, 5) is 0. The highest BCUT2D eigenvalue weighted by molar-refractivity contribution is 5.90. The first-order chi connectivity index (χ1) is 11.4.